The summed E-state index contributed by atoms with van der Waals surface area (Å²) in [5.74, 6) is -1.69. The van der Waals surface area contributed by atoms with Crippen molar-refractivity contribution in [2.45, 2.75) is 59.2 Å². The second-order valence-electron chi connectivity index (χ2n) is 5.43. The predicted molar refractivity (Wildman–Crippen MR) is 83.5 cm³/mol. The summed E-state index contributed by atoms with van der Waals surface area (Å²) in [5, 5.41) is 9.27. The highest BCUT2D eigenvalue weighted by Gasteiger charge is 2.23. The van der Waals surface area contributed by atoms with Gasteiger partial charge < -0.3 is 14.9 Å². The Hall–Kier alpha value is -0.670. The minimum atomic E-state index is -4.43. The standard InChI is InChI=1S/C15H27O4P/c1-12(2)7-5-8-13(3)9-6-10-14(4)11-15(16)20(17,18)19/h7,9,11,15-16H,5-6,8,10H2,1-4H3,(H2,17,18,19). The van der Waals surface area contributed by atoms with Crippen molar-refractivity contribution in [2.75, 3.05) is 0 Å². The van der Waals surface area contributed by atoms with Crippen LogP contribution in [0.3, 0.4) is 0 Å². The lowest BCUT2D eigenvalue weighted by Crippen LogP contribution is -2.03. The average Bonchev–Trinajstić information content (AvgIpc) is 2.26. The molecule has 0 amide bonds. The summed E-state index contributed by atoms with van der Waals surface area (Å²) in [5.41, 5.74) is 3.42. The van der Waals surface area contributed by atoms with Crippen molar-refractivity contribution >= 4 is 7.60 Å². The van der Waals surface area contributed by atoms with Gasteiger partial charge in [-0.05, 0) is 59.5 Å². The predicted octanol–water partition coefficient (Wildman–Crippen LogP) is 3.90. The topological polar surface area (TPSA) is 77.8 Å². The zero-order valence-corrected chi connectivity index (χ0v) is 13.7. The molecule has 3 N–H and O–H groups in total. The van der Waals surface area contributed by atoms with Crippen LogP contribution in [0.4, 0.5) is 0 Å². The number of allylic oxidation sites excluding steroid dienone is 5. The molecule has 0 bridgehead atoms. The fraction of sp³-hybridized carbons (Fsp3) is 0.600. The van der Waals surface area contributed by atoms with Crippen molar-refractivity contribution in [1.82, 2.24) is 0 Å². The SMILES string of the molecule is CC(C)=CCCC(C)=CCCC(C)=CC(O)P(=O)(O)O. The maximum atomic E-state index is 10.8. The van der Waals surface area contributed by atoms with Crippen molar-refractivity contribution in [3.63, 3.8) is 0 Å². The fourth-order valence-corrected chi connectivity index (χ4v) is 2.12. The molecule has 0 saturated carbocycles. The van der Waals surface area contributed by atoms with E-state index in [1.165, 1.54) is 17.2 Å². The molecule has 0 aliphatic carbocycles. The van der Waals surface area contributed by atoms with E-state index in [4.69, 9.17) is 9.79 Å². The molecule has 0 saturated heterocycles. The summed E-state index contributed by atoms with van der Waals surface area (Å²) < 4.78 is 10.8. The lowest BCUT2D eigenvalue weighted by Gasteiger charge is -2.09. The molecule has 4 nitrogen and oxygen atoms in total. The first-order valence-electron chi connectivity index (χ1n) is 6.82. The highest BCUT2D eigenvalue weighted by molar-refractivity contribution is 7.52. The molecule has 0 radical (unpaired) electrons. The van der Waals surface area contributed by atoms with Gasteiger partial charge in [-0.3, -0.25) is 4.57 Å². The van der Waals surface area contributed by atoms with E-state index >= 15 is 0 Å². The van der Waals surface area contributed by atoms with Gasteiger partial charge in [0.25, 0.3) is 0 Å². The Balaban J connectivity index is 4.19. The summed E-state index contributed by atoms with van der Waals surface area (Å²) in [4.78, 5) is 17.6. The Morgan fingerprint density at radius 2 is 1.50 bits per heavy atom. The van der Waals surface area contributed by atoms with Crippen molar-refractivity contribution in [2.24, 2.45) is 0 Å². The Morgan fingerprint density at radius 3 is 2.00 bits per heavy atom. The third-order valence-electron chi connectivity index (χ3n) is 2.90. The molecule has 0 aromatic heterocycles. The molecule has 0 fully saturated rings. The van der Waals surface area contributed by atoms with E-state index in [0.717, 1.165) is 24.8 Å². The first-order chi connectivity index (χ1) is 9.12. The monoisotopic (exact) mass is 302 g/mol. The summed E-state index contributed by atoms with van der Waals surface area (Å²) >= 11 is 0. The molecule has 5 heteroatoms. The zero-order chi connectivity index (χ0) is 15.8. The van der Waals surface area contributed by atoms with Gasteiger partial charge in [0, 0.05) is 0 Å². The van der Waals surface area contributed by atoms with Crippen LogP contribution >= 0.6 is 7.60 Å². The van der Waals surface area contributed by atoms with Crippen molar-refractivity contribution in [1.29, 1.82) is 0 Å². The van der Waals surface area contributed by atoms with E-state index < -0.39 is 13.4 Å². The Morgan fingerprint density at radius 1 is 1.00 bits per heavy atom. The minimum absolute atomic E-state index is 0.692. The normalized spacial score (nSPS) is 15.2. The van der Waals surface area contributed by atoms with Gasteiger partial charge in [-0.25, -0.2) is 0 Å². The first kappa shape index (κ1) is 19.3. The Bertz CT molecular complexity index is 425. The average molecular weight is 302 g/mol. The fourth-order valence-electron chi connectivity index (χ4n) is 1.67. The summed E-state index contributed by atoms with van der Waals surface area (Å²) in [6.07, 6.45) is 9.16. The number of hydrogen-bond donors (Lipinski definition) is 3. The molecule has 0 aliphatic rings. The van der Waals surface area contributed by atoms with E-state index in [0.29, 0.717) is 6.42 Å². The van der Waals surface area contributed by atoms with Crippen molar-refractivity contribution in [3.05, 3.63) is 34.9 Å². The van der Waals surface area contributed by atoms with E-state index in [1.807, 2.05) is 0 Å². The van der Waals surface area contributed by atoms with Crippen molar-refractivity contribution < 1.29 is 19.5 Å². The van der Waals surface area contributed by atoms with E-state index in [-0.39, 0.29) is 0 Å². The van der Waals surface area contributed by atoms with Gasteiger partial charge in [0.2, 0.25) is 0 Å². The summed E-state index contributed by atoms with van der Waals surface area (Å²) in [6, 6.07) is 0. The van der Waals surface area contributed by atoms with Gasteiger partial charge in [0.05, 0.1) is 0 Å². The molecule has 0 rings (SSSR count). The largest absolute Gasteiger partial charge is 0.377 e. The maximum absolute atomic E-state index is 10.8. The molecule has 1 unspecified atom stereocenters. The van der Waals surface area contributed by atoms with E-state index in [9.17, 15) is 9.67 Å². The zero-order valence-electron chi connectivity index (χ0n) is 12.8. The number of hydrogen-bond acceptors (Lipinski definition) is 2. The van der Waals surface area contributed by atoms with Crippen LogP contribution in [0.15, 0.2) is 34.9 Å². The highest BCUT2D eigenvalue weighted by atomic mass is 31.2. The van der Waals surface area contributed by atoms with Gasteiger partial charge in [0.15, 0.2) is 5.85 Å². The third kappa shape index (κ3) is 10.2. The molecule has 1 atom stereocenters. The maximum Gasteiger partial charge on any atom is 0.357 e. The lowest BCUT2D eigenvalue weighted by atomic mass is 10.1. The van der Waals surface area contributed by atoms with Crippen LogP contribution in [0.2, 0.25) is 0 Å². The number of aliphatic hydroxyl groups excluding tert-OH is 1. The molecule has 0 spiro atoms. The minimum Gasteiger partial charge on any atom is -0.377 e. The van der Waals surface area contributed by atoms with Gasteiger partial charge in [0.1, 0.15) is 0 Å². The molecular weight excluding hydrogens is 275 g/mol. The van der Waals surface area contributed by atoms with Gasteiger partial charge in [-0.1, -0.05) is 28.9 Å². The quantitative estimate of drug-likeness (QED) is 0.469. The van der Waals surface area contributed by atoms with Crippen LogP contribution in [0.1, 0.15) is 53.4 Å². The second kappa shape index (κ2) is 9.30. The van der Waals surface area contributed by atoms with Crippen LogP contribution in [0.5, 0.6) is 0 Å². The highest BCUT2D eigenvalue weighted by Crippen LogP contribution is 2.40. The number of aliphatic hydroxyl groups is 1. The Labute approximate surface area is 122 Å². The van der Waals surface area contributed by atoms with Crippen molar-refractivity contribution in [3.8, 4) is 0 Å². The van der Waals surface area contributed by atoms with Crippen LogP contribution < -0.4 is 0 Å². The van der Waals surface area contributed by atoms with Crippen LogP contribution in [0, 0.1) is 0 Å². The molecule has 0 heterocycles. The smallest absolute Gasteiger partial charge is 0.357 e. The molecule has 116 valence electrons. The van der Waals surface area contributed by atoms with Crippen LogP contribution in [-0.4, -0.2) is 20.7 Å². The van der Waals surface area contributed by atoms with E-state index in [1.54, 1.807) is 6.92 Å². The van der Waals surface area contributed by atoms with Gasteiger partial charge in [-0.2, -0.15) is 0 Å². The van der Waals surface area contributed by atoms with Gasteiger partial charge in [-0.15, -0.1) is 0 Å². The second-order valence-corrected chi connectivity index (χ2v) is 7.13. The first-order valence-corrected chi connectivity index (χ1v) is 8.50. The summed E-state index contributed by atoms with van der Waals surface area (Å²) in [7, 11) is -4.43. The molecule has 20 heavy (non-hydrogen) atoms. The number of rotatable bonds is 8. The van der Waals surface area contributed by atoms with Crippen LogP contribution in [0.25, 0.3) is 0 Å². The molecule has 0 aliphatic heterocycles. The lowest BCUT2D eigenvalue weighted by molar-refractivity contribution is 0.237. The Kier molecular flexibility index (Phi) is 8.99. The molecular formula is C15H27O4P. The van der Waals surface area contributed by atoms with Crippen LogP contribution in [-0.2, 0) is 4.57 Å². The summed E-state index contributed by atoms with van der Waals surface area (Å²) in [6.45, 7) is 8.02. The third-order valence-corrected chi connectivity index (χ3v) is 3.74. The molecule has 0 aromatic rings. The van der Waals surface area contributed by atoms with Gasteiger partial charge >= 0.3 is 7.60 Å². The molecule has 0 aromatic carbocycles. The van der Waals surface area contributed by atoms with E-state index in [2.05, 4.69) is 32.9 Å².